The SMILES string of the molecule is NC[C@@H](CC[C@H](N)C(=O)O)O[C@@H]1O[C@H](CO)[C@H](O)[C@H](O)[C@H]1O.O=C(O)C(F)(F)F.O=C(O)C(F)(F)F. The number of aliphatic carboxylic acids is 3. The van der Waals surface area contributed by atoms with Gasteiger partial charge in [-0.1, -0.05) is 0 Å². The summed E-state index contributed by atoms with van der Waals surface area (Å²) in [7, 11) is 0. The van der Waals surface area contributed by atoms with Crippen LogP contribution in [0.15, 0.2) is 0 Å². The third-order valence-corrected chi connectivity index (χ3v) is 4.04. The molecule has 0 aromatic heterocycles. The molecule has 1 aliphatic heterocycles. The molecule has 36 heavy (non-hydrogen) atoms. The summed E-state index contributed by atoms with van der Waals surface area (Å²) in [5, 5.41) is 61.2. The Bertz CT molecular complexity index is 670. The van der Waals surface area contributed by atoms with E-state index in [9.17, 15) is 46.5 Å². The largest absolute Gasteiger partial charge is 0.490 e. The summed E-state index contributed by atoms with van der Waals surface area (Å²) in [6.45, 7) is -0.552. The van der Waals surface area contributed by atoms with E-state index in [1.807, 2.05) is 0 Å². The zero-order valence-electron chi connectivity index (χ0n) is 18.0. The smallest absolute Gasteiger partial charge is 0.480 e. The molecule has 0 spiro atoms. The second-order valence-corrected chi connectivity index (χ2v) is 6.82. The van der Waals surface area contributed by atoms with Gasteiger partial charge in [0.1, 0.15) is 30.5 Å². The zero-order chi connectivity index (χ0) is 29.0. The molecule has 0 aliphatic carbocycles. The van der Waals surface area contributed by atoms with E-state index in [0.717, 1.165) is 0 Å². The second kappa shape index (κ2) is 15.7. The van der Waals surface area contributed by atoms with Gasteiger partial charge in [-0.25, -0.2) is 9.59 Å². The Balaban J connectivity index is 0. The van der Waals surface area contributed by atoms with Gasteiger partial charge in [-0.05, 0) is 12.8 Å². The highest BCUT2D eigenvalue weighted by atomic mass is 19.4. The van der Waals surface area contributed by atoms with Crippen LogP contribution in [0.4, 0.5) is 26.3 Å². The van der Waals surface area contributed by atoms with E-state index in [4.69, 9.17) is 51.0 Å². The van der Waals surface area contributed by atoms with E-state index in [2.05, 4.69) is 0 Å². The van der Waals surface area contributed by atoms with Crippen molar-refractivity contribution >= 4 is 17.9 Å². The molecule has 214 valence electrons. The highest BCUT2D eigenvalue weighted by molar-refractivity contribution is 5.73. The van der Waals surface area contributed by atoms with Gasteiger partial charge in [-0.3, -0.25) is 4.79 Å². The maximum absolute atomic E-state index is 10.7. The van der Waals surface area contributed by atoms with Crippen LogP contribution in [0.2, 0.25) is 0 Å². The van der Waals surface area contributed by atoms with Crippen molar-refractivity contribution < 1.29 is 85.9 Å². The Morgan fingerprint density at radius 2 is 1.28 bits per heavy atom. The predicted octanol–water partition coefficient (Wildman–Crippen LogP) is -2.41. The molecule has 0 unspecified atom stereocenters. The number of aliphatic hydroxyl groups excluding tert-OH is 4. The number of hydrogen-bond donors (Lipinski definition) is 9. The number of nitrogens with two attached hydrogens (primary N) is 2. The van der Waals surface area contributed by atoms with Crippen molar-refractivity contribution in [2.24, 2.45) is 11.5 Å². The Hall–Kier alpha value is -2.33. The van der Waals surface area contributed by atoms with Gasteiger partial charge in [0.15, 0.2) is 6.29 Å². The maximum Gasteiger partial charge on any atom is 0.490 e. The number of ether oxygens (including phenoxy) is 2. The lowest BCUT2D eigenvalue weighted by Gasteiger charge is -2.40. The van der Waals surface area contributed by atoms with E-state index in [1.165, 1.54) is 0 Å². The third kappa shape index (κ3) is 13.7. The first-order valence-electron chi connectivity index (χ1n) is 9.45. The van der Waals surface area contributed by atoms with Crippen molar-refractivity contribution in [3.8, 4) is 0 Å². The minimum atomic E-state index is -5.08. The maximum atomic E-state index is 10.7. The Morgan fingerprint density at radius 3 is 1.58 bits per heavy atom. The number of carboxylic acid groups (broad SMARTS) is 3. The topological polar surface area (TPSA) is 263 Å². The van der Waals surface area contributed by atoms with Gasteiger partial charge in [0.05, 0.1) is 12.7 Å². The lowest BCUT2D eigenvalue weighted by Crippen LogP contribution is -2.60. The van der Waals surface area contributed by atoms with Crippen LogP contribution in [0.3, 0.4) is 0 Å². The summed E-state index contributed by atoms with van der Waals surface area (Å²) < 4.78 is 74.1. The normalized spacial score (nSPS) is 25.8. The summed E-state index contributed by atoms with van der Waals surface area (Å²) in [5.74, 6) is -6.66. The second-order valence-electron chi connectivity index (χ2n) is 6.82. The molecule has 1 aliphatic rings. The van der Waals surface area contributed by atoms with Crippen molar-refractivity contribution in [3.63, 3.8) is 0 Å². The number of rotatable bonds is 8. The van der Waals surface area contributed by atoms with Crippen LogP contribution in [0.25, 0.3) is 0 Å². The highest BCUT2D eigenvalue weighted by Crippen LogP contribution is 2.23. The molecule has 0 radical (unpaired) electrons. The fraction of sp³-hybridized carbons (Fsp3) is 0.812. The van der Waals surface area contributed by atoms with E-state index in [0.29, 0.717) is 0 Å². The molecule has 14 nitrogen and oxygen atoms in total. The summed E-state index contributed by atoms with van der Waals surface area (Å²) >= 11 is 0. The van der Waals surface area contributed by atoms with Crippen LogP contribution in [-0.4, -0.2) is 122 Å². The number of carbonyl (C=O) groups is 3. The van der Waals surface area contributed by atoms with Crippen LogP contribution in [0.5, 0.6) is 0 Å². The molecule has 1 rings (SSSR count). The third-order valence-electron chi connectivity index (χ3n) is 4.04. The molecular weight excluding hydrogens is 526 g/mol. The van der Waals surface area contributed by atoms with E-state index >= 15 is 0 Å². The molecule has 0 bridgehead atoms. The lowest BCUT2D eigenvalue weighted by atomic mass is 9.99. The van der Waals surface area contributed by atoms with Crippen molar-refractivity contribution in [2.45, 2.75) is 68.0 Å². The first-order chi connectivity index (χ1) is 16.2. The monoisotopic (exact) mass is 552 g/mol. The Kier molecular flexibility index (Phi) is 15.6. The molecule has 1 fully saturated rings. The summed E-state index contributed by atoms with van der Waals surface area (Å²) in [4.78, 5) is 28.4. The van der Waals surface area contributed by atoms with E-state index in [1.54, 1.807) is 0 Å². The predicted molar refractivity (Wildman–Crippen MR) is 99.9 cm³/mol. The molecule has 1 saturated heterocycles. The first kappa shape index (κ1) is 35.8. The quantitative estimate of drug-likeness (QED) is 0.142. The van der Waals surface area contributed by atoms with Crippen LogP contribution in [0.1, 0.15) is 12.8 Å². The molecule has 11 N–H and O–H groups in total. The molecule has 0 amide bonds. The van der Waals surface area contributed by atoms with Crippen LogP contribution in [-0.2, 0) is 23.9 Å². The van der Waals surface area contributed by atoms with Crippen molar-refractivity contribution in [3.05, 3.63) is 0 Å². The Labute approximate surface area is 197 Å². The van der Waals surface area contributed by atoms with Gasteiger partial charge >= 0.3 is 30.3 Å². The van der Waals surface area contributed by atoms with Gasteiger partial charge in [0, 0.05) is 6.54 Å². The van der Waals surface area contributed by atoms with Gasteiger partial charge in [0.2, 0.25) is 0 Å². The zero-order valence-corrected chi connectivity index (χ0v) is 18.0. The molecule has 0 saturated carbocycles. The lowest BCUT2D eigenvalue weighted by molar-refractivity contribution is -0.310. The van der Waals surface area contributed by atoms with Crippen LogP contribution in [0, 0.1) is 0 Å². The van der Waals surface area contributed by atoms with Crippen molar-refractivity contribution in [1.29, 1.82) is 0 Å². The molecule has 1 heterocycles. The number of hydrogen-bond acceptors (Lipinski definition) is 11. The standard InChI is InChI=1S/C12H24N2O8.2C2HF3O2/c13-3-5(1-2-6(14)11(19)20)21-12-10(18)9(17)8(16)7(4-15)22-12;2*3-2(4,5)1(6)7/h5-10,12,15-18H,1-4,13-14H2,(H,19,20);2*(H,6,7)/t5-,6+,7-,8+,9+,10-,12-;;/m1../s1. The highest BCUT2D eigenvalue weighted by Gasteiger charge is 2.44. The Morgan fingerprint density at radius 1 is 0.861 bits per heavy atom. The minimum absolute atomic E-state index is 0.0152. The number of alkyl halides is 6. The van der Waals surface area contributed by atoms with Crippen LogP contribution < -0.4 is 11.5 Å². The molecule has 0 aromatic carbocycles. The van der Waals surface area contributed by atoms with Crippen molar-refractivity contribution in [2.75, 3.05) is 13.2 Å². The van der Waals surface area contributed by atoms with E-state index in [-0.39, 0.29) is 19.4 Å². The average Bonchev–Trinajstić information content (AvgIpc) is 2.75. The number of carboxylic acids is 3. The summed E-state index contributed by atoms with van der Waals surface area (Å²) in [5.41, 5.74) is 10.9. The number of halogens is 6. The fourth-order valence-electron chi connectivity index (χ4n) is 2.10. The average molecular weight is 552 g/mol. The molecule has 20 heteroatoms. The van der Waals surface area contributed by atoms with Crippen LogP contribution >= 0.6 is 0 Å². The minimum Gasteiger partial charge on any atom is -0.480 e. The summed E-state index contributed by atoms with van der Waals surface area (Å²) in [6, 6.07) is -1.06. The number of aliphatic hydroxyl groups is 4. The van der Waals surface area contributed by atoms with E-state index < -0.39 is 79.7 Å². The summed E-state index contributed by atoms with van der Waals surface area (Å²) in [6.07, 6.45) is -17.4. The van der Waals surface area contributed by atoms with Gasteiger partial charge in [-0.15, -0.1) is 0 Å². The van der Waals surface area contributed by atoms with Gasteiger partial charge in [-0.2, -0.15) is 26.3 Å². The fourth-order valence-corrected chi connectivity index (χ4v) is 2.10. The van der Waals surface area contributed by atoms with Gasteiger partial charge in [0.25, 0.3) is 0 Å². The van der Waals surface area contributed by atoms with Gasteiger partial charge < -0.3 is 56.7 Å². The molecular formula is C16H26F6N2O12. The molecule has 0 aromatic rings. The molecule has 7 atom stereocenters. The van der Waals surface area contributed by atoms with Crippen molar-refractivity contribution in [1.82, 2.24) is 0 Å². The first-order valence-corrected chi connectivity index (χ1v) is 9.45.